The van der Waals surface area contributed by atoms with Gasteiger partial charge in [-0.25, -0.2) is 0 Å². The zero-order chi connectivity index (χ0) is 15.2. The van der Waals surface area contributed by atoms with Gasteiger partial charge >= 0.3 is 0 Å². The summed E-state index contributed by atoms with van der Waals surface area (Å²) >= 11 is 3.42. The Morgan fingerprint density at radius 3 is 2.76 bits per heavy atom. The topological polar surface area (TPSA) is 46.1 Å². The predicted molar refractivity (Wildman–Crippen MR) is 89.6 cm³/mol. The summed E-state index contributed by atoms with van der Waals surface area (Å²) in [6.07, 6.45) is 1.92. The highest BCUT2D eigenvalue weighted by molar-refractivity contribution is 9.10. The number of aromatic nitrogens is 1. The number of aryl methyl sites for hydroxylation is 1. The summed E-state index contributed by atoms with van der Waals surface area (Å²) in [4.78, 5) is 12.5. The van der Waals surface area contributed by atoms with Crippen LogP contribution in [0.15, 0.2) is 41.0 Å². The van der Waals surface area contributed by atoms with Gasteiger partial charge in [0, 0.05) is 29.4 Å². The molecule has 1 aromatic carbocycles. The van der Waals surface area contributed by atoms with Crippen LogP contribution < -0.4 is 10.6 Å². The van der Waals surface area contributed by atoms with Gasteiger partial charge in [-0.3, -0.25) is 4.79 Å². The van der Waals surface area contributed by atoms with E-state index in [9.17, 15) is 4.79 Å². The number of carbonyl (C=O) groups is 1. The van der Waals surface area contributed by atoms with Crippen molar-refractivity contribution < 1.29 is 4.79 Å². The molecule has 1 amide bonds. The van der Waals surface area contributed by atoms with Crippen LogP contribution in [0.3, 0.4) is 0 Å². The minimum Gasteiger partial charge on any atom is -0.343 e. The second kappa shape index (κ2) is 7.43. The quantitative estimate of drug-likeness (QED) is 0.836. The maximum absolute atomic E-state index is 12.5. The minimum absolute atomic E-state index is 0.0912. The van der Waals surface area contributed by atoms with Crippen molar-refractivity contribution in [1.82, 2.24) is 9.88 Å². The molecule has 1 aromatic heterocycles. The Hall–Kier alpha value is -1.59. The Morgan fingerprint density at radius 1 is 1.29 bits per heavy atom. The van der Waals surface area contributed by atoms with Gasteiger partial charge < -0.3 is 15.2 Å². The molecular weight excluding hydrogens is 330 g/mol. The molecule has 0 aliphatic carbocycles. The summed E-state index contributed by atoms with van der Waals surface area (Å²) in [6, 6.07) is 9.70. The van der Waals surface area contributed by atoms with Crippen LogP contribution in [0.25, 0.3) is 0 Å². The van der Waals surface area contributed by atoms with Crippen molar-refractivity contribution in [2.45, 2.75) is 26.9 Å². The number of para-hydroxylation sites is 1. The molecule has 0 saturated heterocycles. The molecule has 2 aromatic rings. The lowest BCUT2D eigenvalue weighted by Crippen LogP contribution is -2.19. The molecule has 0 fully saturated rings. The molecule has 0 atom stereocenters. The Bertz CT molecular complexity index is 622. The highest BCUT2D eigenvalue weighted by Crippen LogP contribution is 2.19. The summed E-state index contributed by atoms with van der Waals surface area (Å²) in [7, 11) is 0. The Morgan fingerprint density at radius 2 is 2.05 bits per heavy atom. The Labute approximate surface area is 133 Å². The molecule has 0 aliphatic rings. The third kappa shape index (κ3) is 3.95. The molecule has 0 saturated carbocycles. The largest absolute Gasteiger partial charge is 0.343 e. The van der Waals surface area contributed by atoms with Crippen molar-refractivity contribution in [3.63, 3.8) is 0 Å². The van der Waals surface area contributed by atoms with Crippen molar-refractivity contribution in [2.24, 2.45) is 0 Å². The Kier molecular flexibility index (Phi) is 5.59. The molecule has 0 bridgehead atoms. The highest BCUT2D eigenvalue weighted by Gasteiger charge is 2.13. The lowest BCUT2D eigenvalue weighted by atomic mass is 10.1. The van der Waals surface area contributed by atoms with Crippen LogP contribution in [0.1, 0.15) is 29.9 Å². The summed E-state index contributed by atoms with van der Waals surface area (Å²) in [5, 5.41) is 6.28. The van der Waals surface area contributed by atoms with E-state index in [-0.39, 0.29) is 5.91 Å². The number of anilines is 1. The first-order valence-electron chi connectivity index (χ1n) is 7.11. The number of nitrogens with one attached hydrogen (secondary N) is 2. The maximum Gasteiger partial charge on any atom is 0.272 e. The van der Waals surface area contributed by atoms with E-state index >= 15 is 0 Å². The molecule has 0 unspecified atom stereocenters. The molecule has 1 heterocycles. The lowest BCUT2D eigenvalue weighted by Gasteiger charge is -2.12. The fourth-order valence-electron chi connectivity index (χ4n) is 2.17. The van der Waals surface area contributed by atoms with E-state index in [0.717, 1.165) is 35.4 Å². The number of rotatable bonds is 6. The highest BCUT2D eigenvalue weighted by atomic mass is 79.9. The molecule has 0 aliphatic heterocycles. The fraction of sp³-hybridized carbons (Fsp3) is 0.312. The summed E-state index contributed by atoms with van der Waals surface area (Å²) in [5.41, 5.74) is 2.59. The maximum atomic E-state index is 12.5. The number of nitrogens with zero attached hydrogens (tertiary/aromatic N) is 1. The zero-order valence-corrected chi connectivity index (χ0v) is 13.9. The van der Waals surface area contributed by atoms with E-state index in [4.69, 9.17) is 0 Å². The first kappa shape index (κ1) is 15.8. The number of amides is 1. The van der Waals surface area contributed by atoms with Gasteiger partial charge in [0.15, 0.2) is 0 Å². The van der Waals surface area contributed by atoms with Crippen molar-refractivity contribution >= 4 is 27.5 Å². The van der Waals surface area contributed by atoms with Crippen LogP contribution in [-0.4, -0.2) is 17.0 Å². The van der Waals surface area contributed by atoms with Crippen LogP contribution in [0.2, 0.25) is 0 Å². The van der Waals surface area contributed by atoms with E-state index < -0.39 is 0 Å². The van der Waals surface area contributed by atoms with Crippen LogP contribution >= 0.6 is 15.9 Å². The van der Waals surface area contributed by atoms with Crippen molar-refractivity contribution in [1.29, 1.82) is 0 Å². The van der Waals surface area contributed by atoms with E-state index in [2.05, 4.69) is 33.5 Å². The average molecular weight is 350 g/mol. The number of halogens is 1. The standard InChI is InChI=1S/C16H20BrN3O/c1-3-18-10-12-7-5-6-8-14(12)19-16(21)15-9-13(17)11-20(15)4-2/h5-9,11,18H,3-4,10H2,1-2H3,(H,19,21). The first-order chi connectivity index (χ1) is 10.2. The van der Waals surface area contributed by atoms with Crippen LogP contribution in [0, 0.1) is 0 Å². The third-order valence-corrected chi connectivity index (χ3v) is 3.70. The van der Waals surface area contributed by atoms with Gasteiger partial charge in [0.05, 0.1) is 0 Å². The van der Waals surface area contributed by atoms with Gasteiger partial charge in [-0.15, -0.1) is 0 Å². The van der Waals surface area contributed by atoms with Crippen LogP contribution in [0.5, 0.6) is 0 Å². The molecule has 0 spiro atoms. The number of hydrogen-bond acceptors (Lipinski definition) is 2. The molecular formula is C16H20BrN3O. The van der Waals surface area contributed by atoms with Gasteiger partial charge in [0.2, 0.25) is 0 Å². The first-order valence-corrected chi connectivity index (χ1v) is 7.90. The molecule has 0 radical (unpaired) electrons. The molecule has 5 heteroatoms. The van der Waals surface area contributed by atoms with Gasteiger partial charge in [-0.1, -0.05) is 25.1 Å². The van der Waals surface area contributed by atoms with Crippen LogP contribution in [0.4, 0.5) is 5.69 Å². The van der Waals surface area contributed by atoms with E-state index in [0.29, 0.717) is 5.69 Å². The van der Waals surface area contributed by atoms with Gasteiger partial charge in [0.1, 0.15) is 5.69 Å². The second-order valence-corrected chi connectivity index (χ2v) is 5.64. The van der Waals surface area contributed by atoms with Crippen LogP contribution in [-0.2, 0) is 13.1 Å². The summed E-state index contributed by atoms with van der Waals surface area (Å²) in [5.74, 6) is -0.0912. The number of benzene rings is 1. The smallest absolute Gasteiger partial charge is 0.272 e. The lowest BCUT2D eigenvalue weighted by molar-refractivity contribution is 0.101. The summed E-state index contributed by atoms with van der Waals surface area (Å²) < 4.78 is 2.84. The fourth-order valence-corrected chi connectivity index (χ4v) is 2.63. The molecule has 2 rings (SSSR count). The Balaban J connectivity index is 2.19. The zero-order valence-electron chi connectivity index (χ0n) is 12.3. The van der Waals surface area contributed by atoms with Crippen molar-refractivity contribution in [3.8, 4) is 0 Å². The third-order valence-electron chi connectivity index (χ3n) is 3.27. The molecule has 4 nitrogen and oxygen atoms in total. The van der Waals surface area contributed by atoms with E-state index in [1.807, 2.05) is 48.0 Å². The van der Waals surface area contributed by atoms with Gasteiger partial charge in [-0.05, 0) is 47.1 Å². The number of carbonyl (C=O) groups excluding carboxylic acids is 1. The predicted octanol–water partition coefficient (Wildman–Crippen LogP) is 3.63. The van der Waals surface area contributed by atoms with E-state index in [1.54, 1.807) is 0 Å². The molecule has 21 heavy (non-hydrogen) atoms. The van der Waals surface area contributed by atoms with Gasteiger partial charge in [-0.2, -0.15) is 0 Å². The normalized spacial score (nSPS) is 10.6. The minimum atomic E-state index is -0.0912. The van der Waals surface area contributed by atoms with Gasteiger partial charge in [0.25, 0.3) is 5.91 Å². The van der Waals surface area contributed by atoms with Crippen molar-refractivity contribution in [3.05, 3.63) is 52.3 Å². The SMILES string of the molecule is CCNCc1ccccc1NC(=O)c1cc(Br)cn1CC. The average Bonchev–Trinajstić information content (AvgIpc) is 2.87. The molecule has 2 N–H and O–H groups in total. The monoisotopic (exact) mass is 349 g/mol. The molecule has 112 valence electrons. The number of hydrogen-bond donors (Lipinski definition) is 2. The summed E-state index contributed by atoms with van der Waals surface area (Å²) in [6.45, 7) is 6.47. The van der Waals surface area contributed by atoms with E-state index in [1.165, 1.54) is 0 Å². The van der Waals surface area contributed by atoms with Crippen molar-refractivity contribution in [2.75, 3.05) is 11.9 Å². The second-order valence-electron chi connectivity index (χ2n) is 4.72.